The van der Waals surface area contributed by atoms with Gasteiger partial charge in [-0.3, -0.25) is 4.57 Å². The van der Waals surface area contributed by atoms with Crippen molar-refractivity contribution in [3.05, 3.63) is 61.2 Å². The smallest absolute Gasteiger partial charge is 0.171 e. The molecule has 5 nitrogen and oxygen atoms in total. The third-order valence-corrected chi connectivity index (χ3v) is 2.63. The number of aromatic nitrogens is 3. The van der Waals surface area contributed by atoms with Crippen molar-refractivity contribution in [2.24, 2.45) is 0 Å². The van der Waals surface area contributed by atoms with Crippen molar-refractivity contribution in [3.8, 4) is 22.9 Å². The predicted octanol–water partition coefficient (Wildman–Crippen LogP) is 2.77. The molecule has 0 atom stereocenters. The Bertz CT molecular complexity index is 666. The molecule has 0 saturated carbocycles. The van der Waals surface area contributed by atoms with Gasteiger partial charge >= 0.3 is 0 Å². The summed E-state index contributed by atoms with van der Waals surface area (Å²) in [6, 6.07) is 14.4. The minimum absolute atomic E-state index is 0.0840. The van der Waals surface area contributed by atoms with E-state index in [1.54, 1.807) is 35.4 Å². The highest BCUT2D eigenvalue weighted by molar-refractivity contribution is 5.49. The third-order valence-electron chi connectivity index (χ3n) is 2.63. The molecule has 0 aliphatic heterocycles. The molecule has 0 saturated heterocycles. The summed E-state index contributed by atoms with van der Waals surface area (Å²) >= 11 is 0. The third kappa shape index (κ3) is 2.40. The first-order valence-electron chi connectivity index (χ1n) is 5.74. The second kappa shape index (κ2) is 4.81. The highest BCUT2D eigenvalue weighted by atomic mass is 16.5. The molecule has 3 rings (SSSR count). The Morgan fingerprint density at radius 1 is 0.947 bits per heavy atom. The first kappa shape index (κ1) is 11.3. The van der Waals surface area contributed by atoms with Crippen LogP contribution in [0.25, 0.3) is 5.69 Å². The molecular formula is C14H11N3O2. The van der Waals surface area contributed by atoms with Crippen molar-refractivity contribution < 1.29 is 9.84 Å². The molecule has 0 amide bonds. The van der Waals surface area contributed by atoms with E-state index in [9.17, 15) is 5.11 Å². The van der Waals surface area contributed by atoms with Gasteiger partial charge in [0, 0.05) is 6.07 Å². The number of rotatable bonds is 3. The zero-order chi connectivity index (χ0) is 13.1. The van der Waals surface area contributed by atoms with E-state index in [1.165, 1.54) is 0 Å². The molecule has 0 fully saturated rings. The number of hydrogen-bond acceptors (Lipinski definition) is 4. The maximum atomic E-state index is 9.83. The van der Waals surface area contributed by atoms with Gasteiger partial charge in [-0.15, -0.1) is 10.2 Å². The van der Waals surface area contributed by atoms with Gasteiger partial charge in [-0.2, -0.15) is 0 Å². The zero-order valence-corrected chi connectivity index (χ0v) is 9.97. The maximum absolute atomic E-state index is 9.83. The number of hydrogen-bond donors (Lipinski definition) is 1. The molecule has 1 heterocycles. The molecule has 1 aromatic heterocycles. The van der Waals surface area contributed by atoms with Crippen molar-refractivity contribution >= 4 is 0 Å². The fourth-order valence-corrected chi connectivity index (χ4v) is 1.69. The van der Waals surface area contributed by atoms with E-state index in [-0.39, 0.29) is 5.75 Å². The van der Waals surface area contributed by atoms with Crippen molar-refractivity contribution in [2.45, 2.75) is 0 Å². The van der Waals surface area contributed by atoms with Crippen LogP contribution in [0.4, 0.5) is 0 Å². The van der Waals surface area contributed by atoms with Crippen LogP contribution in [0.3, 0.4) is 0 Å². The molecule has 5 heteroatoms. The van der Waals surface area contributed by atoms with Crippen LogP contribution >= 0.6 is 0 Å². The summed E-state index contributed by atoms with van der Waals surface area (Å²) < 4.78 is 7.38. The number of ether oxygens (including phenoxy) is 1. The summed E-state index contributed by atoms with van der Waals surface area (Å²) in [6.07, 6.45) is 3.16. The molecule has 3 aromatic rings. The monoisotopic (exact) mass is 253 g/mol. The molecule has 0 aliphatic rings. The normalized spacial score (nSPS) is 10.3. The lowest BCUT2D eigenvalue weighted by Gasteiger charge is -2.09. The molecule has 94 valence electrons. The molecule has 19 heavy (non-hydrogen) atoms. The van der Waals surface area contributed by atoms with E-state index in [2.05, 4.69) is 10.2 Å². The summed E-state index contributed by atoms with van der Waals surface area (Å²) in [5.74, 6) is 1.14. The second-order valence-electron chi connectivity index (χ2n) is 3.94. The Hall–Kier alpha value is -2.82. The summed E-state index contributed by atoms with van der Waals surface area (Å²) in [5, 5.41) is 17.3. The van der Waals surface area contributed by atoms with E-state index in [0.717, 1.165) is 5.69 Å². The van der Waals surface area contributed by atoms with Crippen LogP contribution in [0, 0.1) is 0 Å². The van der Waals surface area contributed by atoms with Gasteiger partial charge in [0.1, 0.15) is 18.4 Å². The van der Waals surface area contributed by atoms with E-state index < -0.39 is 0 Å². The van der Waals surface area contributed by atoms with Crippen LogP contribution in [0.15, 0.2) is 61.2 Å². The van der Waals surface area contributed by atoms with Crippen LogP contribution in [0.2, 0.25) is 0 Å². The van der Waals surface area contributed by atoms with E-state index in [4.69, 9.17) is 4.74 Å². The van der Waals surface area contributed by atoms with Crippen LogP contribution in [-0.2, 0) is 0 Å². The van der Waals surface area contributed by atoms with Crippen LogP contribution in [-0.4, -0.2) is 19.9 Å². The molecule has 2 aromatic carbocycles. The number of para-hydroxylation sites is 1. The fraction of sp³-hybridized carbons (Fsp3) is 0. The van der Waals surface area contributed by atoms with Gasteiger partial charge in [-0.25, -0.2) is 0 Å². The Morgan fingerprint density at radius 2 is 1.68 bits per heavy atom. The van der Waals surface area contributed by atoms with Crippen molar-refractivity contribution in [1.82, 2.24) is 14.8 Å². The average Bonchev–Trinajstić information content (AvgIpc) is 2.96. The quantitative estimate of drug-likeness (QED) is 0.779. The molecule has 0 aliphatic carbocycles. The number of benzene rings is 2. The highest BCUT2D eigenvalue weighted by Crippen LogP contribution is 2.32. The fourth-order valence-electron chi connectivity index (χ4n) is 1.69. The molecule has 1 N–H and O–H groups in total. The number of phenolic OH excluding ortho intramolecular Hbond substituents is 1. The van der Waals surface area contributed by atoms with Gasteiger partial charge in [-0.1, -0.05) is 18.2 Å². The minimum atomic E-state index is 0.0840. The number of aromatic hydroxyl groups is 1. The molecular weight excluding hydrogens is 242 g/mol. The molecule has 0 bridgehead atoms. The first-order valence-corrected chi connectivity index (χ1v) is 5.74. The lowest BCUT2D eigenvalue weighted by atomic mass is 10.2. The average molecular weight is 253 g/mol. The van der Waals surface area contributed by atoms with Crippen molar-refractivity contribution in [3.63, 3.8) is 0 Å². The standard InChI is InChI=1S/C14H11N3O2/c18-13-7-6-11(17-9-15-16-10-17)8-14(13)19-12-4-2-1-3-5-12/h1-10,18H. The topological polar surface area (TPSA) is 60.2 Å². The zero-order valence-electron chi connectivity index (χ0n) is 9.97. The summed E-state index contributed by atoms with van der Waals surface area (Å²) in [7, 11) is 0. The molecule has 0 spiro atoms. The largest absolute Gasteiger partial charge is 0.504 e. The molecule has 0 unspecified atom stereocenters. The van der Waals surface area contributed by atoms with Crippen molar-refractivity contribution in [2.75, 3.05) is 0 Å². The summed E-state index contributed by atoms with van der Waals surface area (Å²) in [4.78, 5) is 0. The van der Waals surface area contributed by atoms with Crippen LogP contribution in [0.1, 0.15) is 0 Å². The van der Waals surface area contributed by atoms with E-state index in [0.29, 0.717) is 11.5 Å². The number of phenols is 1. The van der Waals surface area contributed by atoms with E-state index >= 15 is 0 Å². The lowest BCUT2D eigenvalue weighted by molar-refractivity contribution is 0.411. The Balaban J connectivity index is 1.95. The van der Waals surface area contributed by atoms with Gasteiger partial charge in [0.15, 0.2) is 11.5 Å². The second-order valence-corrected chi connectivity index (χ2v) is 3.94. The summed E-state index contributed by atoms with van der Waals surface area (Å²) in [6.45, 7) is 0. The van der Waals surface area contributed by atoms with Gasteiger partial charge in [0.2, 0.25) is 0 Å². The van der Waals surface area contributed by atoms with Crippen LogP contribution in [0.5, 0.6) is 17.2 Å². The van der Waals surface area contributed by atoms with Gasteiger partial charge in [-0.05, 0) is 24.3 Å². The van der Waals surface area contributed by atoms with E-state index in [1.807, 2.05) is 30.3 Å². The van der Waals surface area contributed by atoms with Gasteiger partial charge in [0.25, 0.3) is 0 Å². The van der Waals surface area contributed by atoms with Crippen molar-refractivity contribution in [1.29, 1.82) is 0 Å². The lowest BCUT2D eigenvalue weighted by Crippen LogP contribution is -1.92. The molecule has 0 radical (unpaired) electrons. The Morgan fingerprint density at radius 3 is 2.42 bits per heavy atom. The maximum Gasteiger partial charge on any atom is 0.171 e. The van der Waals surface area contributed by atoms with Crippen LogP contribution < -0.4 is 4.74 Å². The van der Waals surface area contributed by atoms with Gasteiger partial charge in [0.05, 0.1) is 5.69 Å². The highest BCUT2D eigenvalue weighted by Gasteiger charge is 2.06. The Kier molecular flexibility index (Phi) is 2.86. The minimum Gasteiger partial charge on any atom is -0.504 e. The summed E-state index contributed by atoms with van der Waals surface area (Å²) in [5.41, 5.74) is 0.814. The Labute approximate surface area is 109 Å². The number of nitrogens with zero attached hydrogens (tertiary/aromatic N) is 3. The van der Waals surface area contributed by atoms with Gasteiger partial charge < -0.3 is 9.84 Å². The SMILES string of the molecule is Oc1ccc(-n2cnnc2)cc1Oc1ccccc1. The first-order chi connectivity index (χ1) is 9.33. The predicted molar refractivity (Wildman–Crippen MR) is 69.5 cm³/mol.